The zero-order chi connectivity index (χ0) is 25.3. The number of alkyl halides is 3. The molecule has 1 aliphatic rings. The van der Waals surface area contributed by atoms with Gasteiger partial charge in [0, 0.05) is 17.5 Å². The van der Waals surface area contributed by atoms with E-state index in [-0.39, 0.29) is 16.5 Å². The number of nitrogens with zero attached hydrogens (tertiary/aromatic N) is 3. The fourth-order valence-corrected chi connectivity index (χ4v) is 5.24. The van der Waals surface area contributed by atoms with Crippen LogP contribution >= 0.6 is 22.9 Å². The van der Waals surface area contributed by atoms with E-state index in [1.165, 1.54) is 54.3 Å². The molecule has 5 rings (SSSR count). The summed E-state index contributed by atoms with van der Waals surface area (Å²) in [6, 6.07) is 14.2. The molecule has 0 spiro atoms. The lowest BCUT2D eigenvalue weighted by molar-refractivity contribution is -0.189. The number of hydrogen-bond acceptors (Lipinski definition) is 7. The highest BCUT2D eigenvalue weighted by atomic mass is 35.5. The molecule has 36 heavy (non-hydrogen) atoms. The molecule has 4 aromatic rings. The van der Waals surface area contributed by atoms with Crippen molar-refractivity contribution in [2.45, 2.75) is 25.6 Å². The number of anilines is 2. The summed E-state index contributed by atoms with van der Waals surface area (Å²) in [6.07, 6.45) is -1.20. The number of halogens is 4. The van der Waals surface area contributed by atoms with E-state index in [1.54, 1.807) is 0 Å². The summed E-state index contributed by atoms with van der Waals surface area (Å²) in [5.74, 6) is -2.17. The zero-order valence-corrected chi connectivity index (χ0v) is 20.4. The van der Waals surface area contributed by atoms with Crippen molar-refractivity contribution in [2.75, 3.05) is 18.4 Å². The van der Waals surface area contributed by atoms with Gasteiger partial charge in [0.25, 0.3) is 0 Å². The van der Waals surface area contributed by atoms with Crippen molar-refractivity contribution in [1.29, 1.82) is 0 Å². The minimum absolute atomic E-state index is 0.221. The molecule has 0 aliphatic carbocycles. The molecule has 1 fully saturated rings. The molecule has 11 heteroatoms. The average Bonchev–Trinajstić information content (AvgIpc) is 3.51. The number of hydrogen-bond donors (Lipinski definition) is 1. The summed E-state index contributed by atoms with van der Waals surface area (Å²) < 4.78 is 42.8. The van der Waals surface area contributed by atoms with Crippen molar-refractivity contribution in [3.63, 3.8) is 0 Å². The van der Waals surface area contributed by atoms with Crippen LogP contribution in [0.3, 0.4) is 0 Å². The first-order valence-electron chi connectivity index (χ1n) is 11.2. The number of rotatable bonds is 6. The molecule has 3 heterocycles. The summed E-state index contributed by atoms with van der Waals surface area (Å²) in [5, 5.41) is 3.25. The van der Waals surface area contributed by atoms with E-state index in [2.05, 4.69) is 49.2 Å². The number of benzene rings is 2. The van der Waals surface area contributed by atoms with Crippen LogP contribution in [0.5, 0.6) is 5.75 Å². The van der Waals surface area contributed by atoms with Gasteiger partial charge in [-0.2, -0.15) is 13.2 Å². The quantitative estimate of drug-likeness (QED) is 0.217. The number of carbonyl (C=O) groups excluding carboxylic acids is 1. The molecule has 1 aliphatic heterocycles. The normalized spacial score (nSPS) is 14.3. The highest BCUT2D eigenvalue weighted by Gasteiger charge is 2.41. The molecule has 1 N–H and O–H groups in total. The van der Waals surface area contributed by atoms with Crippen molar-refractivity contribution in [3.8, 4) is 16.2 Å². The lowest BCUT2D eigenvalue weighted by atomic mass is 10.1. The Kier molecular flexibility index (Phi) is 6.83. The van der Waals surface area contributed by atoms with E-state index < -0.39 is 12.1 Å². The Labute approximate surface area is 213 Å². The van der Waals surface area contributed by atoms with Crippen molar-refractivity contribution in [3.05, 3.63) is 65.4 Å². The lowest BCUT2D eigenvalue weighted by Gasteiger charge is -2.14. The topological polar surface area (TPSA) is 67.3 Å². The fraction of sp³-hybridized carbons (Fsp3) is 0.240. The Morgan fingerprint density at radius 1 is 1.08 bits per heavy atom. The molecular weight excluding hydrogens is 513 g/mol. The highest BCUT2D eigenvalue weighted by Crippen LogP contribution is 2.38. The number of esters is 1. The van der Waals surface area contributed by atoms with Crippen LogP contribution in [0.1, 0.15) is 18.4 Å². The maximum Gasteiger partial charge on any atom is 0.491 e. The molecule has 0 saturated carbocycles. The van der Waals surface area contributed by atoms with E-state index in [0.29, 0.717) is 11.3 Å². The number of nitrogens with one attached hydrogen (secondary N) is 1. The van der Waals surface area contributed by atoms with Gasteiger partial charge in [0.2, 0.25) is 0 Å². The van der Waals surface area contributed by atoms with E-state index in [9.17, 15) is 18.0 Å². The standard InChI is InChI=1S/C25H20ClF3N4O2S/c26-18-8-7-17(35-24(34)25(27,28)29)11-19(18)32-23-22-20(30-14-31-23)12-21(36-22)16-5-3-15(4-6-16)13-33-9-1-2-10-33/h3-8,11-12,14H,1-2,9-10,13H2,(H,30,31,32). The molecule has 0 amide bonds. The minimum Gasteiger partial charge on any atom is -0.420 e. The minimum atomic E-state index is -5.11. The molecule has 1 saturated heterocycles. The van der Waals surface area contributed by atoms with Gasteiger partial charge in [0.05, 0.1) is 20.9 Å². The van der Waals surface area contributed by atoms with Gasteiger partial charge in [-0.05, 0) is 55.3 Å². The van der Waals surface area contributed by atoms with Crippen LogP contribution in [-0.2, 0) is 11.3 Å². The average molecular weight is 533 g/mol. The molecule has 2 aromatic carbocycles. The van der Waals surface area contributed by atoms with Crippen LogP contribution in [0.4, 0.5) is 24.7 Å². The third-order valence-corrected chi connectivity index (χ3v) is 7.30. The van der Waals surface area contributed by atoms with E-state index in [1.807, 2.05) is 6.07 Å². The second-order valence-corrected chi connectivity index (χ2v) is 9.84. The van der Waals surface area contributed by atoms with Crippen LogP contribution in [0, 0.1) is 0 Å². The van der Waals surface area contributed by atoms with E-state index in [0.717, 1.165) is 34.8 Å². The van der Waals surface area contributed by atoms with Gasteiger partial charge in [0.15, 0.2) is 5.82 Å². The smallest absolute Gasteiger partial charge is 0.420 e. The highest BCUT2D eigenvalue weighted by molar-refractivity contribution is 7.22. The molecule has 6 nitrogen and oxygen atoms in total. The van der Waals surface area contributed by atoms with Gasteiger partial charge in [-0.15, -0.1) is 11.3 Å². The summed E-state index contributed by atoms with van der Waals surface area (Å²) in [5.41, 5.74) is 3.27. The monoisotopic (exact) mass is 532 g/mol. The Bertz CT molecular complexity index is 1400. The van der Waals surface area contributed by atoms with Gasteiger partial charge in [-0.3, -0.25) is 4.90 Å². The van der Waals surface area contributed by atoms with Gasteiger partial charge in [-0.1, -0.05) is 35.9 Å². The van der Waals surface area contributed by atoms with Crippen LogP contribution in [-0.4, -0.2) is 40.1 Å². The zero-order valence-electron chi connectivity index (χ0n) is 18.8. The van der Waals surface area contributed by atoms with Gasteiger partial charge in [-0.25, -0.2) is 14.8 Å². The summed E-state index contributed by atoms with van der Waals surface area (Å²) in [4.78, 5) is 23.3. The van der Waals surface area contributed by atoms with Crippen LogP contribution in [0.15, 0.2) is 54.9 Å². The second-order valence-electron chi connectivity index (χ2n) is 8.38. The predicted molar refractivity (Wildman–Crippen MR) is 134 cm³/mol. The fourth-order valence-electron chi connectivity index (χ4n) is 4.02. The Hall–Kier alpha value is -3.21. The third kappa shape index (κ3) is 5.45. The summed E-state index contributed by atoms with van der Waals surface area (Å²) in [7, 11) is 0. The maximum absolute atomic E-state index is 12.6. The third-order valence-electron chi connectivity index (χ3n) is 5.79. The predicted octanol–water partition coefficient (Wildman–Crippen LogP) is 6.82. The molecule has 0 unspecified atom stereocenters. The van der Waals surface area contributed by atoms with Crippen molar-refractivity contribution < 1.29 is 22.7 Å². The van der Waals surface area contributed by atoms with Crippen LogP contribution in [0.25, 0.3) is 20.7 Å². The maximum atomic E-state index is 12.6. The Morgan fingerprint density at radius 3 is 2.56 bits per heavy atom. The second kappa shape index (κ2) is 10.0. The summed E-state index contributed by atoms with van der Waals surface area (Å²) in [6.45, 7) is 3.23. The molecular formula is C25H20ClF3N4O2S. The lowest BCUT2D eigenvalue weighted by Crippen LogP contribution is -2.27. The summed E-state index contributed by atoms with van der Waals surface area (Å²) >= 11 is 7.72. The first kappa shape index (κ1) is 24.5. The Morgan fingerprint density at radius 2 is 1.83 bits per heavy atom. The molecule has 186 valence electrons. The molecule has 0 radical (unpaired) electrons. The first-order valence-corrected chi connectivity index (χ1v) is 12.4. The van der Waals surface area contributed by atoms with E-state index in [4.69, 9.17) is 11.6 Å². The van der Waals surface area contributed by atoms with Crippen LogP contribution < -0.4 is 10.1 Å². The molecule has 2 aromatic heterocycles. The van der Waals surface area contributed by atoms with Crippen molar-refractivity contribution in [2.24, 2.45) is 0 Å². The SMILES string of the molecule is O=C(Oc1ccc(Cl)c(Nc2ncnc3cc(-c4ccc(CN5CCCC5)cc4)sc23)c1)C(F)(F)F. The van der Waals surface area contributed by atoms with Gasteiger partial charge in [0.1, 0.15) is 12.1 Å². The van der Waals surface area contributed by atoms with Crippen molar-refractivity contribution >= 4 is 50.6 Å². The van der Waals surface area contributed by atoms with Crippen molar-refractivity contribution in [1.82, 2.24) is 14.9 Å². The van der Waals surface area contributed by atoms with E-state index >= 15 is 0 Å². The van der Waals surface area contributed by atoms with Gasteiger partial charge >= 0.3 is 12.1 Å². The number of aromatic nitrogens is 2. The Balaban J connectivity index is 1.38. The molecule has 0 bridgehead atoms. The number of fused-ring (bicyclic) bond motifs is 1. The number of thiophene rings is 1. The first-order chi connectivity index (χ1) is 17.3. The van der Waals surface area contributed by atoms with Crippen LogP contribution in [0.2, 0.25) is 5.02 Å². The largest absolute Gasteiger partial charge is 0.491 e. The number of ether oxygens (including phenoxy) is 1. The number of likely N-dealkylation sites (tertiary alicyclic amines) is 1. The van der Waals surface area contributed by atoms with Gasteiger partial charge < -0.3 is 10.1 Å². The number of carbonyl (C=O) groups is 1. The molecule has 0 atom stereocenters.